The van der Waals surface area contributed by atoms with E-state index >= 15 is 0 Å². The minimum Gasteiger partial charge on any atom is -0.382 e. The van der Waals surface area contributed by atoms with E-state index in [1.807, 2.05) is 0 Å². The standard InChI is InChI=1S/C12H16F3N3O2/c1-7(17-6-10(19)12(13,14)15)8-2-4-9(5-3-8)18-11(16)20/h2-5,7,10,17,19H,6H2,1H3,(H3,16,18,20). The number of carbonyl (C=O) groups is 1. The molecular weight excluding hydrogens is 275 g/mol. The molecule has 0 spiro atoms. The number of hydrogen-bond acceptors (Lipinski definition) is 3. The van der Waals surface area contributed by atoms with Crippen molar-refractivity contribution in [2.75, 3.05) is 11.9 Å². The number of alkyl halides is 3. The van der Waals surface area contributed by atoms with Crippen LogP contribution >= 0.6 is 0 Å². The van der Waals surface area contributed by atoms with Crippen molar-refractivity contribution in [2.24, 2.45) is 5.73 Å². The summed E-state index contributed by atoms with van der Waals surface area (Å²) in [4.78, 5) is 10.6. The molecule has 0 bridgehead atoms. The largest absolute Gasteiger partial charge is 0.415 e. The summed E-state index contributed by atoms with van der Waals surface area (Å²) in [5.41, 5.74) is 6.15. The lowest BCUT2D eigenvalue weighted by Crippen LogP contribution is -2.39. The van der Waals surface area contributed by atoms with Crippen LogP contribution in [-0.2, 0) is 0 Å². The molecule has 2 atom stereocenters. The van der Waals surface area contributed by atoms with Gasteiger partial charge < -0.3 is 21.5 Å². The minimum atomic E-state index is -4.64. The lowest BCUT2D eigenvalue weighted by Gasteiger charge is -2.19. The maximum absolute atomic E-state index is 12.1. The third-order valence-electron chi connectivity index (χ3n) is 2.67. The van der Waals surface area contributed by atoms with Crippen LogP contribution in [-0.4, -0.2) is 30.0 Å². The lowest BCUT2D eigenvalue weighted by molar-refractivity contribution is -0.202. The van der Waals surface area contributed by atoms with Crippen LogP contribution in [0.4, 0.5) is 23.7 Å². The second-order valence-corrected chi connectivity index (χ2v) is 4.30. The molecule has 0 aliphatic heterocycles. The first-order valence-electron chi connectivity index (χ1n) is 5.84. The van der Waals surface area contributed by atoms with Crippen molar-refractivity contribution >= 4 is 11.7 Å². The molecular formula is C12H16F3N3O2. The fourth-order valence-electron chi connectivity index (χ4n) is 1.52. The van der Waals surface area contributed by atoms with E-state index in [-0.39, 0.29) is 6.04 Å². The number of nitrogens with one attached hydrogen (secondary N) is 2. The number of primary amides is 1. The van der Waals surface area contributed by atoms with Crippen LogP contribution in [0, 0.1) is 0 Å². The predicted molar refractivity (Wildman–Crippen MR) is 68.1 cm³/mol. The van der Waals surface area contributed by atoms with E-state index in [0.29, 0.717) is 5.69 Å². The molecule has 20 heavy (non-hydrogen) atoms. The Morgan fingerprint density at radius 1 is 1.35 bits per heavy atom. The van der Waals surface area contributed by atoms with Crippen molar-refractivity contribution in [2.45, 2.75) is 25.2 Å². The molecule has 2 amide bonds. The molecule has 112 valence electrons. The zero-order valence-electron chi connectivity index (χ0n) is 10.7. The monoisotopic (exact) mass is 291 g/mol. The van der Waals surface area contributed by atoms with Crippen LogP contribution < -0.4 is 16.4 Å². The highest BCUT2D eigenvalue weighted by molar-refractivity contribution is 5.87. The summed E-state index contributed by atoms with van der Waals surface area (Å²) in [7, 11) is 0. The molecule has 5 N–H and O–H groups in total. The quantitative estimate of drug-likeness (QED) is 0.666. The van der Waals surface area contributed by atoms with Crippen LogP contribution in [0.1, 0.15) is 18.5 Å². The number of aliphatic hydroxyl groups is 1. The van der Waals surface area contributed by atoms with Crippen molar-refractivity contribution in [1.82, 2.24) is 5.32 Å². The maximum Gasteiger partial charge on any atom is 0.415 e. The third-order valence-corrected chi connectivity index (χ3v) is 2.67. The van der Waals surface area contributed by atoms with Crippen LogP contribution in [0.3, 0.4) is 0 Å². The fraction of sp³-hybridized carbons (Fsp3) is 0.417. The lowest BCUT2D eigenvalue weighted by atomic mass is 10.1. The smallest absolute Gasteiger partial charge is 0.382 e. The highest BCUT2D eigenvalue weighted by atomic mass is 19.4. The Balaban J connectivity index is 2.55. The summed E-state index contributed by atoms with van der Waals surface area (Å²) in [5, 5.41) is 13.8. The summed E-state index contributed by atoms with van der Waals surface area (Å²) in [6.07, 6.45) is -7.04. The van der Waals surface area contributed by atoms with Gasteiger partial charge in [0, 0.05) is 18.3 Å². The number of rotatable bonds is 5. The minimum absolute atomic E-state index is 0.380. The van der Waals surface area contributed by atoms with Crippen LogP contribution in [0.15, 0.2) is 24.3 Å². The summed E-state index contributed by atoms with van der Waals surface area (Å²) < 4.78 is 36.4. The average Bonchev–Trinajstić information content (AvgIpc) is 2.34. The van der Waals surface area contributed by atoms with E-state index in [2.05, 4.69) is 10.6 Å². The van der Waals surface area contributed by atoms with Gasteiger partial charge in [-0.3, -0.25) is 0 Å². The Bertz CT molecular complexity index is 448. The van der Waals surface area contributed by atoms with Gasteiger partial charge in [0.1, 0.15) is 0 Å². The summed E-state index contributed by atoms with van der Waals surface area (Å²) >= 11 is 0. The average molecular weight is 291 g/mol. The Morgan fingerprint density at radius 2 is 1.90 bits per heavy atom. The van der Waals surface area contributed by atoms with Crippen molar-refractivity contribution in [3.05, 3.63) is 29.8 Å². The highest BCUT2D eigenvalue weighted by Crippen LogP contribution is 2.21. The van der Waals surface area contributed by atoms with Gasteiger partial charge in [0.15, 0.2) is 6.10 Å². The van der Waals surface area contributed by atoms with Crippen molar-refractivity contribution in [3.63, 3.8) is 0 Å². The molecule has 0 aliphatic carbocycles. The van der Waals surface area contributed by atoms with Gasteiger partial charge >= 0.3 is 12.2 Å². The molecule has 0 saturated carbocycles. The van der Waals surface area contributed by atoms with Gasteiger partial charge in [-0.15, -0.1) is 0 Å². The molecule has 1 aromatic rings. The van der Waals surface area contributed by atoms with Crippen molar-refractivity contribution in [3.8, 4) is 0 Å². The van der Waals surface area contributed by atoms with E-state index in [4.69, 9.17) is 10.8 Å². The van der Waals surface area contributed by atoms with Gasteiger partial charge in [-0.1, -0.05) is 12.1 Å². The zero-order chi connectivity index (χ0) is 15.3. The van der Waals surface area contributed by atoms with E-state index in [1.165, 1.54) is 0 Å². The van der Waals surface area contributed by atoms with Crippen LogP contribution in [0.2, 0.25) is 0 Å². The SMILES string of the molecule is CC(NCC(O)C(F)(F)F)c1ccc(NC(N)=O)cc1. The van der Waals surface area contributed by atoms with Gasteiger partial charge in [-0.25, -0.2) is 4.79 Å². The van der Waals surface area contributed by atoms with Gasteiger partial charge in [0.05, 0.1) is 0 Å². The predicted octanol–water partition coefficient (Wildman–Crippen LogP) is 1.75. The molecule has 0 radical (unpaired) electrons. The number of aliphatic hydroxyl groups excluding tert-OH is 1. The first-order chi connectivity index (χ1) is 9.20. The van der Waals surface area contributed by atoms with Crippen LogP contribution in [0.25, 0.3) is 0 Å². The van der Waals surface area contributed by atoms with Gasteiger partial charge in [0.25, 0.3) is 0 Å². The summed E-state index contributed by atoms with van der Waals surface area (Å²) in [6, 6.07) is 5.37. The zero-order valence-corrected chi connectivity index (χ0v) is 10.7. The number of benzene rings is 1. The van der Waals surface area contributed by atoms with Crippen molar-refractivity contribution < 1.29 is 23.1 Å². The van der Waals surface area contributed by atoms with E-state index < -0.39 is 24.9 Å². The number of amides is 2. The topological polar surface area (TPSA) is 87.4 Å². The van der Waals surface area contributed by atoms with Gasteiger partial charge in [0.2, 0.25) is 0 Å². The summed E-state index contributed by atoms with van der Waals surface area (Å²) in [6.45, 7) is 1.07. The van der Waals surface area contributed by atoms with Gasteiger partial charge in [-0.05, 0) is 24.6 Å². The molecule has 8 heteroatoms. The molecule has 1 rings (SSSR count). The Kier molecular flexibility index (Phi) is 5.34. The van der Waals surface area contributed by atoms with E-state index in [1.54, 1.807) is 31.2 Å². The van der Waals surface area contributed by atoms with Crippen molar-refractivity contribution in [1.29, 1.82) is 0 Å². The summed E-state index contributed by atoms with van der Waals surface area (Å²) in [5.74, 6) is 0. The first kappa shape index (κ1) is 16.3. The maximum atomic E-state index is 12.1. The number of anilines is 1. The third kappa shape index (κ3) is 5.06. The number of urea groups is 1. The highest BCUT2D eigenvalue weighted by Gasteiger charge is 2.37. The fourth-order valence-corrected chi connectivity index (χ4v) is 1.52. The Hall–Kier alpha value is -1.80. The normalized spacial score (nSPS) is 14.7. The number of hydrogen-bond donors (Lipinski definition) is 4. The number of carbonyl (C=O) groups excluding carboxylic acids is 1. The first-order valence-corrected chi connectivity index (χ1v) is 5.84. The van der Waals surface area contributed by atoms with E-state index in [0.717, 1.165) is 5.56 Å². The van der Waals surface area contributed by atoms with Crippen LogP contribution in [0.5, 0.6) is 0 Å². The van der Waals surface area contributed by atoms with E-state index in [9.17, 15) is 18.0 Å². The molecule has 2 unspecified atom stereocenters. The molecule has 0 heterocycles. The molecule has 1 aromatic carbocycles. The molecule has 0 fully saturated rings. The number of halogens is 3. The number of nitrogens with two attached hydrogens (primary N) is 1. The Labute approximate surface area is 114 Å². The molecule has 0 saturated heterocycles. The molecule has 5 nitrogen and oxygen atoms in total. The van der Waals surface area contributed by atoms with Gasteiger partial charge in [-0.2, -0.15) is 13.2 Å². The molecule has 0 aliphatic rings. The Morgan fingerprint density at radius 3 is 2.35 bits per heavy atom. The second-order valence-electron chi connectivity index (χ2n) is 4.30. The molecule has 0 aromatic heterocycles. The second kappa shape index (κ2) is 6.58.